The van der Waals surface area contributed by atoms with Crippen LogP contribution in [0.1, 0.15) is 5.56 Å². The number of aromatic nitrogens is 4. The summed E-state index contributed by atoms with van der Waals surface area (Å²) in [6.45, 7) is 0.549. The Balaban J connectivity index is 1.42. The summed E-state index contributed by atoms with van der Waals surface area (Å²) in [7, 11) is 5.32. The predicted octanol–water partition coefficient (Wildman–Crippen LogP) is 3.28. The number of ether oxygens (including phenoxy) is 1. The molecule has 148 valence electrons. The van der Waals surface area contributed by atoms with E-state index in [1.54, 1.807) is 22.9 Å². The molecule has 0 bridgehead atoms. The zero-order chi connectivity index (χ0) is 20.4. The van der Waals surface area contributed by atoms with Crippen LogP contribution in [0.25, 0.3) is 21.8 Å². The van der Waals surface area contributed by atoms with E-state index >= 15 is 0 Å². The highest BCUT2D eigenvalue weighted by Gasteiger charge is 2.14. The lowest BCUT2D eigenvalue weighted by Crippen LogP contribution is -2.27. The number of hydrogen-bond acceptors (Lipinski definition) is 6. The summed E-state index contributed by atoms with van der Waals surface area (Å²) < 4.78 is 6.97. The van der Waals surface area contributed by atoms with Crippen molar-refractivity contribution in [2.75, 3.05) is 19.9 Å². The van der Waals surface area contributed by atoms with Crippen molar-refractivity contribution in [3.8, 4) is 5.75 Å². The molecule has 0 fully saturated rings. The van der Waals surface area contributed by atoms with Crippen molar-refractivity contribution >= 4 is 39.5 Å². The summed E-state index contributed by atoms with van der Waals surface area (Å²) in [6, 6.07) is 12.2. The van der Waals surface area contributed by atoms with Crippen LogP contribution in [0.4, 0.5) is 0 Å². The highest BCUT2D eigenvalue weighted by molar-refractivity contribution is 8.00. The molecule has 4 aromatic rings. The van der Waals surface area contributed by atoms with Crippen molar-refractivity contribution in [1.29, 1.82) is 0 Å². The standard InChI is InChI=1S/C21H21N5O2S/c1-25(11-14-4-5-16-9-17(28-3)7-6-15(16)8-14)19(27)12-29-21-18-10-24-26(2)20(18)22-13-23-21/h4-10,13H,11-12H2,1-3H3. The van der Waals surface area contributed by atoms with Crippen molar-refractivity contribution in [1.82, 2.24) is 24.6 Å². The van der Waals surface area contributed by atoms with E-state index in [0.29, 0.717) is 12.3 Å². The van der Waals surface area contributed by atoms with Gasteiger partial charge in [-0.15, -0.1) is 0 Å². The zero-order valence-electron chi connectivity index (χ0n) is 16.5. The van der Waals surface area contributed by atoms with Gasteiger partial charge in [-0.25, -0.2) is 9.97 Å². The quantitative estimate of drug-likeness (QED) is 0.361. The van der Waals surface area contributed by atoms with Crippen molar-refractivity contribution in [3.63, 3.8) is 0 Å². The van der Waals surface area contributed by atoms with Crippen LogP contribution >= 0.6 is 11.8 Å². The first-order chi connectivity index (χ1) is 14.0. The molecule has 4 rings (SSSR count). The molecular formula is C21H21N5O2S. The molecule has 2 aromatic heterocycles. The maximum atomic E-state index is 12.6. The third-order valence-electron chi connectivity index (χ3n) is 4.78. The number of hydrogen-bond donors (Lipinski definition) is 0. The molecule has 0 aliphatic carbocycles. The molecule has 0 aliphatic rings. The molecule has 8 heteroatoms. The zero-order valence-corrected chi connectivity index (χ0v) is 17.3. The highest BCUT2D eigenvalue weighted by atomic mass is 32.2. The molecule has 0 radical (unpaired) electrons. The van der Waals surface area contributed by atoms with E-state index in [4.69, 9.17) is 4.74 Å². The van der Waals surface area contributed by atoms with Crippen LogP contribution < -0.4 is 4.74 Å². The summed E-state index contributed by atoms with van der Waals surface area (Å²) in [4.78, 5) is 22.9. The third kappa shape index (κ3) is 4.02. The van der Waals surface area contributed by atoms with Gasteiger partial charge >= 0.3 is 0 Å². The summed E-state index contributed by atoms with van der Waals surface area (Å²) in [5, 5.41) is 8.07. The Bertz CT molecular complexity index is 1190. The Morgan fingerprint density at radius 3 is 2.79 bits per heavy atom. The number of aryl methyl sites for hydroxylation is 1. The predicted molar refractivity (Wildman–Crippen MR) is 114 cm³/mol. The van der Waals surface area contributed by atoms with E-state index in [0.717, 1.165) is 38.1 Å². The number of benzene rings is 2. The van der Waals surface area contributed by atoms with E-state index in [-0.39, 0.29) is 5.91 Å². The van der Waals surface area contributed by atoms with Gasteiger partial charge in [-0.2, -0.15) is 5.10 Å². The number of methoxy groups -OCH3 is 1. The van der Waals surface area contributed by atoms with E-state index in [2.05, 4.69) is 27.2 Å². The van der Waals surface area contributed by atoms with Crippen LogP contribution in [0.15, 0.2) is 53.9 Å². The lowest BCUT2D eigenvalue weighted by atomic mass is 10.1. The van der Waals surface area contributed by atoms with Gasteiger partial charge in [0.25, 0.3) is 0 Å². The summed E-state index contributed by atoms with van der Waals surface area (Å²) >= 11 is 1.41. The SMILES string of the molecule is COc1ccc2cc(CN(C)C(=O)CSc3ncnc4c3cnn4C)ccc2c1. The second-order valence-corrected chi connectivity index (χ2v) is 7.73. The van der Waals surface area contributed by atoms with Gasteiger partial charge in [-0.05, 0) is 34.5 Å². The Kier molecular flexibility index (Phi) is 5.35. The van der Waals surface area contributed by atoms with Crippen molar-refractivity contribution in [2.24, 2.45) is 7.05 Å². The van der Waals surface area contributed by atoms with Gasteiger partial charge in [-0.3, -0.25) is 9.48 Å². The number of carbonyl (C=O) groups excluding carboxylic acids is 1. The third-order valence-corrected chi connectivity index (χ3v) is 5.77. The summed E-state index contributed by atoms with van der Waals surface area (Å²) in [5.41, 5.74) is 1.84. The summed E-state index contributed by atoms with van der Waals surface area (Å²) in [6.07, 6.45) is 3.24. The van der Waals surface area contributed by atoms with Crippen molar-refractivity contribution in [3.05, 3.63) is 54.5 Å². The van der Waals surface area contributed by atoms with Crippen LogP contribution in [0.5, 0.6) is 5.75 Å². The van der Waals surface area contributed by atoms with E-state index in [1.807, 2.05) is 38.4 Å². The van der Waals surface area contributed by atoms with Gasteiger partial charge in [-0.1, -0.05) is 30.0 Å². The fourth-order valence-corrected chi connectivity index (χ4v) is 4.06. The van der Waals surface area contributed by atoms with Crippen LogP contribution in [0, 0.1) is 0 Å². The Morgan fingerprint density at radius 2 is 1.97 bits per heavy atom. The monoisotopic (exact) mass is 407 g/mol. The maximum absolute atomic E-state index is 12.6. The molecule has 0 aliphatic heterocycles. The molecule has 0 atom stereocenters. The molecule has 0 saturated carbocycles. The van der Waals surface area contributed by atoms with Crippen molar-refractivity contribution in [2.45, 2.75) is 11.6 Å². The van der Waals surface area contributed by atoms with Gasteiger partial charge in [0, 0.05) is 20.6 Å². The van der Waals surface area contributed by atoms with E-state index < -0.39 is 0 Å². The van der Waals surface area contributed by atoms with E-state index in [1.165, 1.54) is 18.1 Å². The number of fused-ring (bicyclic) bond motifs is 2. The van der Waals surface area contributed by atoms with Gasteiger partial charge in [0.1, 0.15) is 17.1 Å². The Labute approximate surface area is 172 Å². The molecule has 1 amide bonds. The molecule has 0 spiro atoms. The number of amides is 1. The molecule has 0 N–H and O–H groups in total. The smallest absolute Gasteiger partial charge is 0.233 e. The molecule has 2 heterocycles. The topological polar surface area (TPSA) is 73.1 Å². The molecule has 29 heavy (non-hydrogen) atoms. The first kappa shape index (κ1) is 19.2. The van der Waals surface area contributed by atoms with E-state index in [9.17, 15) is 4.79 Å². The average molecular weight is 407 g/mol. The second-order valence-electron chi connectivity index (χ2n) is 6.77. The van der Waals surface area contributed by atoms with Crippen LogP contribution in [-0.2, 0) is 18.4 Å². The summed E-state index contributed by atoms with van der Waals surface area (Å²) in [5.74, 6) is 1.19. The van der Waals surface area contributed by atoms with Gasteiger partial charge in [0.05, 0.1) is 24.4 Å². The second kappa shape index (κ2) is 8.08. The largest absolute Gasteiger partial charge is 0.497 e. The molecular weight excluding hydrogens is 386 g/mol. The van der Waals surface area contributed by atoms with Gasteiger partial charge < -0.3 is 9.64 Å². The maximum Gasteiger partial charge on any atom is 0.233 e. The molecule has 7 nitrogen and oxygen atoms in total. The minimum Gasteiger partial charge on any atom is -0.497 e. The number of nitrogens with zero attached hydrogens (tertiary/aromatic N) is 5. The first-order valence-corrected chi connectivity index (χ1v) is 10.1. The normalized spacial score (nSPS) is 11.1. The number of thioether (sulfide) groups is 1. The van der Waals surface area contributed by atoms with Gasteiger partial charge in [0.2, 0.25) is 5.91 Å². The van der Waals surface area contributed by atoms with Crippen LogP contribution in [0.2, 0.25) is 0 Å². The Morgan fingerprint density at radius 1 is 1.17 bits per heavy atom. The lowest BCUT2D eigenvalue weighted by molar-refractivity contribution is -0.127. The average Bonchev–Trinajstić information content (AvgIpc) is 3.13. The van der Waals surface area contributed by atoms with Crippen LogP contribution in [-0.4, -0.2) is 50.5 Å². The lowest BCUT2D eigenvalue weighted by Gasteiger charge is -2.17. The number of carbonyl (C=O) groups is 1. The Hall–Kier alpha value is -3.13. The van der Waals surface area contributed by atoms with Gasteiger partial charge in [0.15, 0.2) is 5.65 Å². The fourth-order valence-electron chi connectivity index (χ4n) is 3.16. The van der Waals surface area contributed by atoms with Crippen LogP contribution in [0.3, 0.4) is 0 Å². The molecule has 0 saturated heterocycles. The highest BCUT2D eigenvalue weighted by Crippen LogP contribution is 2.25. The molecule has 2 aromatic carbocycles. The minimum absolute atomic E-state index is 0.0421. The fraction of sp³-hybridized carbons (Fsp3) is 0.238. The molecule has 0 unspecified atom stereocenters. The van der Waals surface area contributed by atoms with Crippen molar-refractivity contribution < 1.29 is 9.53 Å². The number of rotatable bonds is 6. The minimum atomic E-state index is 0.0421. The first-order valence-electron chi connectivity index (χ1n) is 9.11.